The van der Waals surface area contributed by atoms with Crippen LogP contribution in [-0.4, -0.2) is 58.0 Å². The van der Waals surface area contributed by atoms with Gasteiger partial charge in [0.15, 0.2) is 0 Å². The van der Waals surface area contributed by atoms with Crippen LogP contribution in [0.25, 0.3) is 0 Å². The molecule has 1 N–H and O–H groups in total. The molecule has 0 aliphatic heterocycles. The second-order valence-corrected chi connectivity index (χ2v) is 12.8. The van der Waals surface area contributed by atoms with Crippen LogP contribution >= 0.6 is 0 Å². The summed E-state index contributed by atoms with van der Waals surface area (Å²) in [5, 5.41) is 3.04. The normalized spacial score (nSPS) is 12.4. The fourth-order valence-corrected chi connectivity index (χ4v) is 6.39. The number of carbonyl (C=O) groups is 2. The van der Waals surface area contributed by atoms with Crippen molar-refractivity contribution < 1.29 is 27.5 Å². The molecule has 10 heteroatoms. The summed E-state index contributed by atoms with van der Waals surface area (Å²) in [5.41, 5.74) is 1.87. The molecule has 4 rings (SSSR count). The molecular formula is C36H41N3O6S. The number of sulfonamides is 1. The van der Waals surface area contributed by atoms with Crippen molar-refractivity contribution in [3.63, 3.8) is 0 Å². The van der Waals surface area contributed by atoms with Crippen LogP contribution in [0.1, 0.15) is 31.4 Å². The highest BCUT2D eigenvalue weighted by molar-refractivity contribution is 7.92. The van der Waals surface area contributed by atoms with Crippen molar-refractivity contribution in [3.8, 4) is 11.5 Å². The van der Waals surface area contributed by atoms with Gasteiger partial charge in [0.2, 0.25) is 11.8 Å². The van der Waals surface area contributed by atoms with E-state index in [1.165, 1.54) is 24.1 Å². The summed E-state index contributed by atoms with van der Waals surface area (Å²) in [6, 6.07) is 30.1. The first-order chi connectivity index (χ1) is 22.2. The molecule has 0 bridgehead atoms. The van der Waals surface area contributed by atoms with Gasteiger partial charge in [0, 0.05) is 19.0 Å². The molecule has 46 heavy (non-hydrogen) atoms. The summed E-state index contributed by atoms with van der Waals surface area (Å²) in [7, 11) is -1.11. The summed E-state index contributed by atoms with van der Waals surface area (Å²) in [5.74, 6) is 0.270. The van der Waals surface area contributed by atoms with Crippen LogP contribution in [0.5, 0.6) is 11.5 Å². The van der Waals surface area contributed by atoms with E-state index in [0.29, 0.717) is 17.9 Å². The first-order valence-electron chi connectivity index (χ1n) is 15.1. The summed E-state index contributed by atoms with van der Waals surface area (Å²) < 4.78 is 40.0. The zero-order valence-corrected chi connectivity index (χ0v) is 27.4. The molecule has 2 amide bonds. The Morgan fingerprint density at radius 3 is 2.00 bits per heavy atom. The Hall–Kier alpha value is -4.83. The minimum atomic E-state index is -4.19. The molecule has 242 valence electrons. The number of hydrogen-bond donors (Lipinski definition) is 1. The number of nitrogens with one attached hydrogen (secondary N) is 1. The molecule has 0 aliphatic rings. The Bertz CT molecular complexity index is 1680. The van der Waals surface area contributed by atoms with Gasteiger partial charge in [0.25, 0.3) is 10.0 Å². The third-order valence-corrected chi connectivity index (χ3v) is 9.52. The highest BCUT2D eigenvalue weighted by Crippen LogP contribution is 2.27. The van der Waals surface area contributed by atoms with E-state index in [2.05, 4.69) is 5.32 Å². The van der Waals surface area contributed by atoms with E-state index in [1.807, 2.05) is 56.3 Å². The molecule has 0 heterocycles. The van der Waals surface area contributed by atoms with Gasteiger partial charge in [-0.2, -0.15) is 0 Å². The van der Waals surface area contributed by atoms with Crippen molar-refractivity contribution in [2.24, 2.45) is 0 Å². The van der Waals surface area contributed by atoms with Crippen LogP contribution in [-0.2, 0) is 32.6 Å². The highest BCUT2D eigenvalue weighted by Gasteiger charge is 2.35. The minimum absolute atomic E-state index is 0.0355. The van der Waals surface area contributed by atoms with Crippen molar-refractivity contribution in [2.45, 2.75) is 50.2 Å². The van der Waals surface area contributed by atoms with Crippen LogP contribution in [0, 0.1) is 0 Å². The van der Waals surface area contributed by atoms with Crippen molar-refractivity contribution in [1.29, 1.82) is 0 Å². The SMILES string of the molecule is CC[C@H](C)NC(=O)[C@@H](Cc1ccccc1)N(Cc1cccc(OC)c1)C(=O)CN(c1ccc(OC)cc1)S(=O)(=O)c1ccccc1. The lowest BCUT2D eigenvalue weighted by molar-refractivity contribution is -0.140. The maximum atomic E-state index is 14.6. The molecule has 9 nitrogen and oxygen atoms in total. The average molecular weight is 644 g/mol. The zero-order chi connectivity index (χ0) is 33.1. The Kier molecular flexibility index (Phi) is 11.8. The van der Waals surface area contributed by atoms with E-state index in [1.54, 1.807) is 61.7 Å². The van der Waals surface area contributed by atoms with Gasteiger partial charge in [-0.05, 0) is 73.0 Å². The molecule has 0 saturated carbocycles. The van der Waals surface area contributed by atoms with E-state index in [4.69, 9.17) is 9.47 Å². The number of rotatable bonds is 15. The summed E-state index contributed by atoms with van der Waals surface area (Å²) >= 11 is 0. The smallest absolute Gasteiger partial charge is 0.264 e. The Morgan fingerprint density at radius 2 is 1.39 bits per heavy atom. The predicted octanol–water partition coefficient (Wildman–Crippen LogP) is 5.45. The quantitative estimate of drug-likeness (QED) is 0.185. The van der Waals surface area contributed by atoms with Crippen LogP contribution < -0.4 is 19.1 Å². The predicted molar refractivity (Wildman–Crippen MR) is 179 cm³/mol. The number of nitrogens with zero attached hydrogens (tertiary/aromatic N) is 2. The number of benzene rings is 4. The topological polar surface area (TPSA) is 105 Å². The maximum Gasteiger partial charge on any atom is 0.264 e. The Balaban J connectivity index is 1.81. The molecule has 0 radical (unpaired) electrons. The lowest BCUT2D eigenvalue weighted by Crippen LogP contribution is -2.54. The standard InChI is InChI=1S/C36H41N3O6S/c1-5-27(2)37-36(41)34(24-28-13-8-6-9-14-28)38(25-29-15-12-16-32(23-29)45-4)35(40)26-39(30-19-21-31(44-3)22-20-30)46(42,43)33-17-10-7-11-18-33/h6-23,27,34H,5,24-26H2,1-4H3,(H,37,41)/t27-,34+/m0/s1. The number of ether oxygens (including phenoxy) is 2. The molecule has 0 spiro atoms. The molecule has 0 aromatic heterocycles. The van der Waals surface area contributed by atoms with Crippen molar-refractivity contribution in [3.05, 3.63) is 120 Å². The van der Waals surface area contributed by atoms with Gasteiger partial charge in [0.05, 0.1) is 24.8 Å². The fraction of sp³-hybridized carbons (Fsp3) is 0.278. The summed E-state index contributed by atoms with van der Waals surface area (Å²) in [4.78, 5) is 30.0. The van der Waals surface area contributed by atoms with Gasteiger partial charge in [-0.3, -0.25) is 13.9 Å². The molecule has 2 atom stereocenters. The largest absolute Gasteiger partial charge is 0.497 e. The van der Waals surface area contributed by atoms with Crippen LogP contribution in [0.2, 0.25) is 0 Å². The second-order valence-electron chi connectivity index (χ2n) is 10.9. The van der Waals surface area contributed by atoms with Gasteiger partial charge >= 0.3 is 0 Å². The monoisotopic (exact) mass is 643 g/mol. The molecule has 4 aromatic rings. The molecule has 0 unspecified atom stereocenters. The summed E-state index contributed by atoms with van der Waals surface area (Å²) in [6.45, 7) is 3.37. The molecule has 0 fully saturated rings. The third kappa shape index (κ3) is 8.66. The van der Waals surface area contributed by atoms with Crippen LogP contribution in [0.3, 0.4) is 0 Å². The van der Waals surface area contributed by atoms with Gasteiger partial charge < -0.3 is 19.7 Å². The lowest BCUT2D eigenvalue weighted by Gasteiger charge is -2.34. The van der Waals surface area contributed by atoms with Crippen molar-refractivity contribution in [2.75, 3.05) is 25.1 Å². The third-order valence-electron chi connectivity index (χ3n) is 7.73. The number of methoxy groups -OCH3 is 2. The Labute approximate surface area is 271 Å². The molecule has 0 aliphatic carbocycles. The molecule has 0 saturated heterocycles. The number of amides is 2. The number of carbonyl (C=O) groups excluding carboxylic acids is 2. The Morgan fingerprint density at radius 1 is 0.783 bits per heavy atom. The fourth-order valence-electron chi connectivity index (χ4n) is 4.96. The minimum Gasteiger partial charge on any atom is -0.497 e. The van der Waals surface area contributed by atoms with Gasteiger partial charge in [0.1, 0.15) is 24.1 Å². The van der Waals surface area contributed by atoms with Crippen molar-refractivity contribution >= 4 is 27.5 Å². The van der Waals surface area contributed by atoms with Gasteiger partial charge in [-0.15, -0.1) is 0 Å². The van der Waals surface area contributed by atoms with E-state index in [0.717, 1.165) is 15.4 Å². The second kappa shape index (κ2) is 15.9. The molecule has 4 aromatic carbocycles. The maximum absolute atomic E-state index is 14.6. The summed E-state index contributed by atoms with van der Waals surface area (Å²) in [6.07, 6.45) is 0.932. The highest BCUT2D eigenvalue weighted by atomic mass is 32.2. The first-order valence-corrected chi connectivity index (χ1v) is 16.6. The molecular weight excluding hydrogens is 602 g/mol. The number of anilines is 1. The average Bonchev–Trinajstić information content (AvgIpc) is 3.09. The van der Waals surface area contributed by atoms with Crippen molar-refractivity contribution in [1.82, 2.24) is 10.2 Å². The van der Waals surface area contributed by atoms with Gasteiger partial charge in [-0.1, -0.05) is 67.6 Å². The van der Waals surface area contributed by atoms with Gasteiger partial charge in [-0.25, -0.2) is 8.42 Å². The van der Waals surface area contributed by atoms with E-state index in [9.17, 15) is 18.0 Å². The van der Waals surface area contributed by atoms with Crippen LogP contribution in [0.15, 0.2) is 114 Å². The van der Waals surface area contributed by atoms with E-state index < -0.39 is 28.5 Å². The number of hydrogen-bond acceptors (Lipinski definition) is 6. The first kappa shape index (κ1) is 34.1. The lowest BCUT2D eigenvalue weighted by atomic mass is 10.0. The zero-order valence-electron chi connectivity index (χ0n) is 26.6. The van der Waals surface area contributed by atoms with E-state index >= 15 is 0 Å². The van der Waals surface area contributed by atoms with E-state index in [-0.39, 0.29) is 35.5 Å². The van der Waals surface area contributed by atoms with Crippen LogP contribution in [0.4, 0.5) is 5.69 Å².